The number of nitrogens with one attached hydrogen (secondary N) is 1. The van der Waals surface area contributed by atoms with Crippen molar-refractivity contribution in [1.29, 1.82) is 0 Å². The first-order valence-electron chi connectivity index (χ1n) is 8.15. The van der Waals surface area contributed by atoms with Gasteiger partial charge in [0.25, 0.3) is 0 Å². The summed E-state index contributed by atoms with van der Waals surface area (Å²) in [6.45, 7) is 9.94. The fourth-order valence-corrected chi connectivity index (χ4v) is 4.16. The van der Waals surface area contributed by atoms with E-state index < -0.39 is 33.4 Å². The zero-order valence-corrected chi connectivity index (χ0v) is 17.3. The second-order valence-electron chi connectivity index (χ2n) is 5.83. The Morgan fingerprint density at radius 2 is 1.89 bits per heavy atom. The van der Waals surface area contributed by atoms with Crippen LogP contribution in [0.2, 0.25) is 0 Å². The lowest BCUT2D eigenvalue weighted by Gasteiger charge is -2.07. The van der Waals surface area contributed by atoms with Crippen molar-refractivity contribution in [1.82, 2.24) is 0 Å². The molecule has 1 aromatic heterocycles. The van der Waals surface area contributed by atoms with Gasteiger partial charge in [-0.2, -0.15) is 0 Å². The number of esters is 2. The lowest BCUT2D eigenvalue weighted by atomic mass is 10.1. The van der Waals surface area contributed by atoms with Gasteiger partial charge in [-0.3, -0.25) is 4.79 Å². The Labute approximate surface area is 162 Å². The highest BCUT2D eigenvalue weighted by Crippen LogP contribution is 2.34. The third kappa shape index (κ3) is 6.47. The van der Waals surface area contributed by atoms with E-state index in [2.05, 4.69) is 11.9 Å². The molecule has 10 heteroatoms. The van der Waals surface area contributed by atoms with Gasteiger partial charge in [-0.1, -0.05) is 6.08 Å². The Balaban J connectivity index is 3.23. The molecule has 1 aromatic rings. The molecule has 0 unspecified atom stereocenters. The first kappa shape index (κ1) is 22.8. The summed E-state index contributed by atoms with van der Waals surface area (Å²) in [6, 6.07) is 0. The third-order valence-corrected chi connectivity index (χ3v) is 5.76. The third-order valence-electron chi connectivity index (χ3n) is 3.13. The van der Waals surface area contributed by atoms with E-state index in [1.54, 1.807) is 20.8 Å². The predicted molar refractivity (Wildman–Crippen MR) is 103 cm³/mol. The molecule has 0 aliphatic carbocycles. The molecule has 1 amide bonds. The van der Waals surface area contributed by atoms with Crippen molar-refractivity contribution in [2.45, 2.75) is 33.8 Å². The van der Waals surface area contributed by atoms with Crippen molar-refractivity contribution in [2.75, 3.05) is 23.4 Å². The standard InChI is InChI=1S/C17H23NO7S2/c1-6-8-27(22,23)9-12(19)18-15-13(16(20)24-7-2)11(5)14(26-15)17(21)25-10(3)4/h6,10H,1,7-9H2,2-5H3,(H,18,19). The Morgan fingerprint density at radius 3 is 2.41 bits per heavy atom. The summed E-state index contributed by atoms with van der Waals surface area (Å²) in [6.07, 6.45) is 0.814. The number of anilines is 1. The van der Waals surface area contributed by atoms with Gasteiger partial charge < -0.3 is 14.8 Å². The monoisotopic (exact) mass is 417 g/mol. The maximum atomic E-state index is 12.3. The second-order valence-corrected chi connectivity index (χ2v) is 8.96. The highest BCUT2D eigenvalue weighted by molar-refractivity contribution is 7.92. The molecule has 0 aliphatic rings. The fourth-order valence-electron chi connectivity index (χ4n) is 2.11. The molecule has 0 saturated heterocycles. The van der Waals surface area contributed by atoms with Crippen molar-refractivity contribution in [3.05, 3.63) is 28.7 Å². The Bertz CT molecular complexity index is 838. The van der Waals surface area contributed by atoms with Gasteiger partial charge in [0.05, 0.1) is 24.0 Å². The van der Waals surface area contributed by atoms with Crippen LogP contribution in [-0.2, 0) is 24.1 Å². The van der Waals surface area contributed by atoms with E-state index in [1.165, 1.54) is 13.0 Å². The second kappa shape index (κ2) is 9.65. The molecule has 1 N–H and O–H groups in total. The SMILES string of the molecule is C=CCS(=O)(=O)CC(=O)Nc1sc(C(=O)OC(C)C)c(C)c1C(=O)OCC. The van der Waals surface area contributed by atoms with Crippen LogP contribution in [0.1, 0.15) is 46.4 Å². The summed E-state index contributed by atoms with van der Waals surface area (Å²) in [5.74, 6) is -3.31. The van der Waals surface area contributed by atoms with Crippen LogP contribution >= 0.6 is 11.3 Å². The summed E-state index contributed by atoms with van der Waals surface area (Å²) in [5.41, 5.74) is 0.306. The number of ether oxygens (including phenoxy) is 2. The summed E-state index contributed by atoms with van der Waals surface area (Å²) in [7, 11) is -3.66. The van der Waals surface area contributed by atoms with Gasteiger partial charge in [-0.25, -0.2) is 18.0 Å². The van der Waals surface area contributed by atoms with Crippen molar-refractivity contribution in [2.24, 2.45) is 0 Å². The van der Waals surface area contributed by atoms with Gasteiger partial charge in [0, 0.05) is 0 Å². The summed E-state index contributed by atoms with van der Waals surface area (Å²) < 4.78 is 33.6. The molecule has 8 nitrogen and oxygen atoms in total. The molecular weight excluding hydrogens is 394 g/mol. The van der Waals surface area contributed by atoms with Crippen LogP contribution in [0.4, 0.5) is 5.00 Å². The van der Waals surface area contributed by atoms with Gasteiger partial charge in [0.15, 0.2) is 9.84 Å². The smallest absolute Gasteiger partial charge is 0.348 e. The minimum atomic E-state index is -3.66. The van der Waals surface area contributed by atoms with E-state index in [9.17, 15) is 22.8 Å². The van der Waals surface area contributed by atoms with Crippen LogP contribution in [0.15, 0.2) is 12.7 Å². The van der Waals surface area contributed by atoms with Gasteiger partial charge in [0.2, 0.25) is 5.91 Å². The molecule has 0 bridgehead atoms. The van der Waals surface area contributed by atoms with Crippen LogP contribution in [0, 0.1) is 6.92 Å². The molecule has 1 heterocycles. The highest BCUT2D eigenvalue weighted by Gasteiger charge is 2.28. The van der Waals surface area contributed by atoms with Gasteiger partial charge in [0.1, 0.15) is 15.6 Å². The molecule has 0 spiro atoms. The van der Waals surface area contributed by atoms with E-state index in [-0.39, 0.29) is 33.9 Å². The Morgan fingerprint density at radius 1 is 1.26 bits per heavy atom. The fraction of sp³-hybridized carbons (Fsp3) is 0.471. The number of sulfone groups is 1. The van der Waals surface area contributed by atoms with E-state index >= 15 is 0 Å². The molecule has 1 rings (SSSR count). The lowest BCUT2D eigenvalue weighted by molar-refractivity contribution is -0.113. The van der Waals surface area contributed by atoms with Crippen LogP contribution in [-0.4, -0.2) is 50.5 Å². The van der Waals surface area contributed by atoms with E-state index in [0.29, 0.717) is 5.56 Å². The van der Waals surface area contributed by atoms with Crippen LogP contribution in [0.5, 0.6) is 0 Å². The van der Waals surface area contributed by atoms with E-state index in [0.717, 1.165) is 11.3 Å². The first-order valence-corrected chi connectivity index (χ1v) is 10.8. The minimum Gasteiger partial charge on any atom is -0.462 e. The van der Waals surface area contributed by atoms with Gasteiger partial charge in [-0.15, -0.1) is 17.9 Å². The number of amides is 1. The number of carbonyl (C=O) groups is 3. The maximum absolute atomic E-state index is 12.3. The molecule has 0 atom stereocenters. The Hall–Kier alpha value is -2.20. The average Bonchev–Trinajstić information content (AvgIpc) is 2.82. The van der Waals surface area contributed by atoms with Crippen molar-refractivity contribution < 1.29 is 32.3 Å². The molecule has 0 radical (unpaired) electrons. The normalized spacial score (nSPS) is 11.1. The van der Waals surface area contributed by atoms with Crippen LogP contribution in [0.3, 0.4) is 0 Å². The van der Waals surface area contributed by atoms with E-state index in [1.807, 2.05) is 0 Å². The quantitative estimate of drug-likeness (QED) is 0.484. The topological polar surface area (TPSA) is 116 Å². The van der Waals surface area contributed by atoms with Crippen molar-refractivity contribution >= 4 is 44.0 Å². The molecule has 0 saturated carbocycles. The number of hydrogen-bond acceptors (Lipinski definition) is 8. The molecule has 27 heavy (non-hydrogen) atoms. The number of carbonyl (C=O) groups excluding carboxylic acids is 3. The number of hydrogen-bond donors (Lipinski definition) is 1. The maximum Gasteiger partial charge on any atom is 0.348 e. The van der Waals surface area contributed by atoms with Crippen LogP contribution in [0.25, 0.3) is 0 Å². The zero-order valence-electron chi connectivity index (χ0n) is 15.7. The largest absolute Gasteiger partial charge is 0.462 e. The van der Waals surface area contributed by atoms with E-state index in [4.69, 9.17) is 9.47 Å². The number of thiophene rings is 1. The molecule has 0 fully saturated rings. The number of rotatable bonds is 9. The summed E-state index contributed by atoms with van der Waals surface area (Å²) in [5, 5.41) is 2.43. The Kier molecular flexibility index (Phi) is 8.17. The molecule has 150 valence electrons. The minimum absolute atomic E-state index is 0.00650. The molecule has 0 aliphatic heterocycles. The first-order chi connectivity index (χ1) is 12.5. The molecular formula is C17H23NO7S2. The summed E-state index contributed by atoms with van der Waals surface area (Å²) in [4.78, 5) is 36.8. The zero-order chi connectivity index (χ0) is 20.8. The average molecular weight is 418 g/mol. The van der Waals surface area contributed by atoms with Crippen molar-refractivity contribution in [3.63, 3.8) is 0 Å². The highest BCUT2D eigenvalue weighted by atomic mass is 32.2. The summed E-state index contributed by atoms with van der Waals surface area (Å²) >= 11 is 0.836. The van der Waals surface area contributed by atoms with Crippen LogP contribution < -0.4 is 5.32 Å². The lowest BCUT2D eigenvalue weighted by Crippen LogP contribution is -2.24. The predicted octanol–water partition coefficient (Wildman–Crippen LogP) is 2.34. The van der Waals surface area contributed by atoms with Crippen molar-refractivity contribution in [3.8, 4) is 0 Å². The van der Waals surface area contributed by atoms with Gasteiger partial charge >= 0.3 is 11.9 Å². The molecule has 0 aromatic carbocycles. The van der Waals surface area contributed by atoms with Gasteiger partial charge in [-0.05, 0) is 33.3 Å².